The van der Waals surface area contributed by atoms with Crippen molar-refractivity contribution in [3.05, 3.63) is 46.5 Å². The molecule has 1 unspecified atom stereocenters. The van der Waals surface area contributed by atoms with Gasteiger partial charge in [0, 0.05) is 30.7 Å². The zero-order chi connectivity index (χ0) is 13.8. The fraction of sp³-hybridized carbons (Fsp3) is 0.385. The molecule has 0 amide bonds. The summed E-state index contributed by atoms with van der Waals surface area (Å²) in [5.41, 5.74) is 1.84. The summed E-state index contributed by atoms with van der Waals surface area (Å²) in [6.07, 6.45) is 3.35. The van der Waals surface area contributed by atoms with Crippen LogP contribution in [0, 0.1) is 5.82 Å². The SMILES string of the molecule is CNC(Cc1cn(C)nn1)Cc1ccc(F)cc1Cl. The summed E-state index contributed by atoms with van der Waals surface area (Å²) in [5.74, 6) is -0.316. The summed E-state index contributed by atoms with van der Waals surface area (Å²) >= 11 is 6.04. The van der Waals surface area contributed by atoms with E-state index in [9.17, 15) is 4.39 Å². The van der Waals surface area contributed by atoms with Crippen LogP contribution in [0.4, 0.5) is 4.39 Å². The Kier molecular flexibility index (Phi) is 4.50. The number of aryl methyl sites for hydroxylation is 1. The van der Waals surface area contributed by atoms with Crippen LogP contribution < -0.4 is 5.32 Å². The van der Waals surface area contributed by atoms with Crippen LogP contribution in [0.1, 0.15) is 11.3 Å². The number of rotatable bonds is 5. The summed E-state index contributed by atoms with van der Waals surface area (Å²) in [5, 5.41) is 11.6. The highest BCUT2D eigenvalue weighted by Crippen LogP contribution is 2.19. The van der Waals surface area contributed by atoms with Gasteiger partial charge in [-0.25, -0.2) is 4.39 Å². The molecule has 0 saturated carbocycles. The molecule has 2 rings (SSSR count). The zero-order valence-corrected chi connectivity index (χ0v) is 11.7. The minimum Gasteiger partial charge on any atom is -0.316 e. The van der Waals surface area contributed by atoms with E-state index in [1.54, 1.807) is 10.7 Å². The Morgan fingerprint density at radius 2 is 2.21 bits per heavy atom. The molecule has 1 aromatic heterocycles. The van der Waals surface area contributed by atoms with Crippen molar-refractivity contribution in [2.45, 2.75) is 18.9 Å². The van der Waals surface area contributed by atoms with Gasteiger partial charge in [-0.2, -0.15) is 0 Å². The maximum atomic E-state index is 13.0. The fourth-order valence-corrected chi connectivity index (χ4v) is 2.21. The van der Waals surface area contributed by atoms with Crippen LogP contribution in [0.25, 0.3) is 0 Å². The topological polar surface area (TPSA) is 42.7 Å². The van der Waals surface area contributed by atoms with Gasteiger partial charge in [-0.05, 0) is 31.2 Å². The van der Waals surface area contributed by atoms with Gasteiger partial charge in [0.1, 0.15) is 5.82 Å². The standard InChI is InChI=1S/C13H16ClFN4/c1-16-11(7-12-8-19(2)18-17-12)5-9-3-4-10(15)6-13(9)14/h3-4,6,8,11,16H,5,7H2,1-2H3. The quantitative estimate of drug-likeness (QED) is 0.912. The number of benzene rings is 1. The Labute approximate surface area is 116 Å². The minimum absolute atomic E-state index is 0.180. The van der Waals surface area contributed by atoms with E-state index >= 15 is 0 Å². The van der Waals surface area contributed by atoms with E-state index in [2.05, 4.69) is 15.6 Å². The molecule has 0 aliphatic heterocycles. The van der Waals surface area contributed by atoms with Gasteiger partial charge in [-0.1, -0.05) is 22.9 Å². The molecule has 0 bridgehead atoms. The molecular weight excluding hydrogens is 267 g/mol. The molecule has 0 fully saturated rings. The Hall–Kier alpha value is -1.46. The molecule has 0 radical (unpaired) electrons. The lowest BCUT2D eigenvalue weighted by atomic mass is 10.0. The molecule has 6 heteroatoms. The van der Waals surface area contributed by atoms with Crippen LogP contribution in [0.15, 0.2) is 24.4 Å². The van der Waals surface area contributed by atoms with E-state index in [0.717, 1.165) is 17.7 Å². The Balaban J connectivity index is 2.06. The van der Waals surface area contributed by atoms with Crippen molar-refractivity contribution < 1.29 is 4.39 Å². The van der Waals surface area contributed by atoms with Crippen molar-refractivity contribution in [3.63, 3.8) is 0 Å². The minimum atomic E-state index is -0.316. The molecular formula is C13H16ClFN4. The molecule has 1 N–H and O–H groups in total. The van der Waals surface area contributed by atoms with Gasteiger partial charge < -0.3 is 5.32 Å². The molecule has 19 heavy (non-hydrogen) atoms. The second kappa shape index (κ2) is 6.12. The third-order valence-electron chi connectivity index (χ3n) is 3.00. The van der Waals surface area contributed by atoms with Crippen LogP contribution in [-0.4, -0.2) is 28.1 Å². The van der Waals surface area contributed by atoms with Crippen LogP contribution in [0.5, 0.6) is 0 Å². The fourth-order valence-electron chi connectivity index (χ4n) is 1.97. The van der Waals surface area contributed by atoms with Crippen molar-refractivity contribution in [2.24, 2.45) is 7.05 Å². The number of nitrogens with zero attached hydrogens (tertiary/aromatic N) is 3. The summed E-state index contributed by atoms with van der Waals surface area (Å²) in [4.78, 5) is 0. The maximum Gasteiger partial charge on any atom is 0.124 e. The van der Waals surface area contributed by atoms with Crippen molar-refractivity contribution in [3.8, 4) is 0 Å². The molecule has 2 aromatic rings. The van der Waals surface area contributed by atoms with Gasteiger partial charge >= 0.3 is 0 Å². The maximum absolute atomic E-state index is 13.0. The van der Waals surface area contributed by atoms with Gasteiger partial charge in [-0.3, -0.25) is 4.68 Å². The lowest BCUT2D eigenvalue weighted by Crippen LogP contribution is -2.30. The van der Waals surface area contributed by atoms with Crippen molar-refractivity contribution in [2.75, 3.05) is 7.05 Å². The predicted molar refractivity (Wildman–Crippen MR) is 72.7 cm³/mol. The molecule has 0 saturated heterocycles. The van der Waals surface area contributed by atoms with Crippen molar-refractivity contribution in [1.82, 2.24) is 20.3 Å². The second-order valence-corrected chi connectivity index (χ2v) is 4.92. The monoisotopic (exact) mass is 282 g/mol. The normalized spacial score (nSPS) is 12.6. The molecule has 0 aliphatic carbocycles. The molecule has 0 spiro atoms. The summed E-state index contributed by atoms with van der Waals surface area (Å²) in [6.45, 7) is 0. The summed E-state index contributed by atoms with van der Waals surface area (Å²) < 4.78 is 14.7. The smallest absolute Gasteiger partial charge is 0.124 e. The van der Waals surface area contributed by atoms with Crippen LogP contribution in [-0.2, 0) is 19.9 Å². The van der Waals surface area contributed by atoms with Crippen LogP contribution in [0.2, 0.25) is 5.02 Å². The predicted octanol–water partition coefficient (Wildman–Crippen LogP) is 1.98. The third kappa shape index (κ3) is 3.75. The number of aromatic nitrogens is 3. The first kappa shape index (κ1) is 14.0. The van der Waals surface area contributed by atoms with Crippen molar-refractivity contribution in [1.29, 1.82) is 0 Å². The number of hydrogen-bond acceptors (Lipinski definition) is 3. The van der Waals surface area contributed by atoms with E-state index in [4.69, 9.17) is 11.6 Å². The second-order valence-electron chi connectivity index (χ2n) is 4.51. The van der Waals surface area contributed by atoms with Crippen LogP contribution >= 0.6 is 11.6 Å². The van der Waals surface area contributed by atoms with Gasteiger partial charge in [0.15, 0.2) is 0 Å². The summed E-state index contributed by atoms with van der Waals surface area (Å²) in [7, 11) is 3.72. The number of likely N-dealkylation sites (N-methyl/N-ethyl adjacent to an activating group) is 1. The largest absolute Gasteiger partial charge is 0.316 e. The van der Waals surface area contributed by atoms with Gasteiger partial charge in [0.25, 0.3) is 0 Å². The molecule has 0 aliphatic rings. The van der Waals surface area contributed by atoms with Gasteiger partial charge in [-0.15, -0.1) is 5.10 Å². The molecule has 102 valence electrons. The van der Waals surface area contributed by atoms with Gasteiger partial charge in [0.2, 0.25) is 0 Å². The first-order chi connectivity index (χ1) is 9.08. The first-order valence-corrected chi connectivity index (χ1v) is 6.42. The highest BCUT2D eigenvalue weighted by molar-refractivity contribution is 6.31. The zero-order valence-electron chi connectivity index (χ0n) is 10.9. The third-order valence-corrected chi connectivity index (χ3v) is 3.35. The average molecular weight is 283 g/mol. The van der Waals surface area contributed by atoms with E-state index in [1.807, 2.05) is 20.3 Å². The summed E-state index contributed by atoms with van der Waals surface area (Å²) in [6, 6.07) is 4.67. The molecule has 4 nitrogen and oxygen atoms in total. The highest BCUT2D eigenvalue weighted by Gasteiger charge is 2.13. The Morgan fingerprint density at radius 1 is 1.42 bits per heavy atom. The van der Waals surface area contributed by atoms with E-state index in [0.29, 0.717) is 11.4 Å². The molecule has 1 aromatic carbocycles. The number of nitrogens with one attached hydrogen (secondary N) is 1. The Bertz CT molecular complexity index is 555. The number of hydrogen-bond donors (Lipinski definition) is 1. The van der Waals surface area contributed by atoms with E-state index in [1.165, 1.54) is 12.1 Å². The highest BCUT2D eigenvalue weighted by atomic mass is 35.5. The molecule has 1 atom stereocenters. The Morgan fingerprint density at radius 3 is 2.79 bits per heavy atom. The van der Waals surface area contributed by atoms with E-state index < -0.39 is 0 Å². The van der Waals surface area contributed by atoms with E-state index in [-0.39, 0.29) is 11.9 Å². The first-order valence-electron chi connectivity index (χ1n) is 6.05. The lowest BCUT2D eigenvalue weighted by Gasteiger charge is -2.15. The molecule has 1 heterocycles. The number of halogens is 2. The van der Waals surface area contributed by atoms with Gasteiger partial charge in [0.05, 0.1) is 5.69 Å². The van der Waals surface area contributed by atoms with Crippen LogP contribution in [0.3, 0.4) is 0 Å². The lowest BCUT2D eigenvalue weighted by molar-refractivity contribution is 0.548. The van der Waals surface area contributed by atoms with Crippen molar-refractivity contribution >= 4 is 11.6 Å². The average Bonchev–Trinajstić information content (AvgIpc) is 2.77.